The summed E-state index contributed by atoms with van der Waals surface area (Å²) < 4.78 is 0. The molecule has 0 radical (unpaired) electrons. The smallest absolute Gasteiger partial charge is 0.00263 e. The lowest BCUT2D eigenvalue weighted by atomic mass is 9.82. The van der Waals surface area contributed by atoms with E-state index in [1.807, 2.05) is 13.8 Å². The zero-order chi connectivity index (χ0) is 29.4. The Bertz CT molecular complexity index is 1870. The first kappa shape index (κ1) is 27.7. The molecule has 6 aromatic rings. The van der Waals surface area contributed by atoms with Gasteiger partial charge in [-0.3, -0.25) is 0 Å². The van der Waals surface area contributed by atoms with Gasteiger partial charge in [-0.25, -0.2) is 0 Å². The summed E-state index contributed by atoms with van der Waals surface area (Å²) in [5, 5.41) is 5.23. The van der Waals surface area contributed by atoms with Crippen molar-refractivity contribution in [2.75, 3.05) is 0 Å². The molecule has 0 N–H and O–H groups in total. The largest absolute Gasteiger partial charge is 0.0833 e. The molecule has 0 nitrogen and oxygen atoms in total. The van der Waals surface area contributed by atoms with Crippen molar-refractivity contribution in [2.45, 2.75) is 53.9 Å². The fraction of sp³-hybridized carbons (Fsp3) is 0.190. The molecule has 208 valence electrons. The SMILES string of the molecule is CC.Cc1cc(C)c(-c2ccc(-c3c4ccccc4c(-c4ccc5c(c4)C(C)CC=C5)c4ccccc34)cc2)c(C)c1. The fourth-order valence-electron chi connectivity index (χ4n) is 7.02. The van der Waals surface area contributed by atoms with Crippen molar-refractivity contribution in [3.63, 3.8) is 0 Å². The van der Waals surface area contributed by atoms with Gasteiger partial charge in [-0.15, -0.1) is 0 Å². The van der Waals surface area contributed by atoms with Gasteiger partial charge in [0.1, 0.15) is 0 Å². The van der Waals surface area contributed by atoms with Crippen LogP contribution in [0.3, 0.4) is 0 Å². The van der Waals surface area contributed by atoms with Gasteiger partial charge in [0.25, 0.3) is 0 Å². The van der Waals surface area contributed by atoms with E-state index in [4.69, 9.17) is 0 Å². The summed E-state index contributed by atoms with van der Waals surface area (Å²) in [6.07, 6.45) is 5.69. The number of hydrogen-bond acceptors (Lipinski definition) is 0. The van der Waals surface area contributed by atoms with Gasteiger partial charge >= 0.3 is 0 Å². The van der Waals surface area contributed by atoms with E-state index in [0.717, 1.165) is 6.42 Å². The van der Waals surface area contributed by atoms with Crippen LogP contribution in [-0.2, 0) is 0 Å². The Balaban J connectivity index is 0.00000155. The second-order valence-electron chi connectivity index (χ2n) is 11.6. The molecule has 0 aliphatic heterocycles. The van der Waals surface area contributed by atoms with Crippen molar-refractivity contribution in [3.05, 3.63) is 137 Å². The molecule has 7 rings (SSSR count). The van der Waals surface area contributed by atoms with Gasteiger partial charge in [-0.2, -0.15) is 0 Å². The molecule has 0 saturated carbocycles. The zero-order valence-electron chi connectivity index (χ0n) is 25.8. The van der Waals surface area contributed by atoms with E-state index >= 15 is 0 Å². The zero-order valence-corrected chi connectivity index (χ0v) is 25.8. The first-order valence-corrected chi connectivity index (χ1v) is 15.4. The Morgan fingerprint density at radius 3 is 1.50 bits per heavy atom. The molecule has 0 saturated heterocycles. The predicted octanol–water partition coefficient (Wildman–Crippen LogP) is 12.5. The van der Waals surface area contributed by atoms with Crippen molar-refractivity contribution >= 4 is 27.6 Å². The molecule has 0 heteroatoms. The van der Waals surface area contributed by atoms with Gasteiger partial charge in [0.2, 0.25) is 0 Å². The molecular weight excluding hydrogens is 504 g/mol. The van der Waals surface area contributed by atoms with E-state index in [1.54, 1.807) is 0 Å². The summed E-state index contributed by atoms with van der Waals surface area (Å²) in [5.41, 5.74) is 14.6. The van der Waals surface area contributed by atoms with Crippen LogP contribution < -0.4 is 0 Å². The third-order valence-electron chi connectivity index (χ3n) is 8.76. The second-order valence-corrected chi connectivity index (χ2v) is 11.6. The van der Waals surface area contributed by atoms with Crippen LogP contribution in [-0.4, -0.2) is 0 Å². The van der Waals surface area contributed by atoms with Crippen molar-refractivity contribution in [3.8, 4) is 33.4 Å². The van der Waals surface area contributed by atoms with Crippen molar-refractivity contribution in [2.24, 2.45) is 0 Å². The van der Waals surface area contributed by atoms with Crippen molar-refractivity contribution in [1.82, 2.24) is 0 Å². The Kier molecular flexibility index (Phi) is 7.56. The summed E-state index contributed by atoms with van der Waals surface area (Å²) >= 11 is 0. The average Bonchev–Trinajstić information content (AvgIpc) is 3.01. The Labute approximate surface area is 251 Å². The Hall–Kier alpha value is -4.42. The minimum Gasteiger partial charge on any atom is -0.0833 e. The Morgan fingerprint density at radius 2 is 0.976 bits per heavy atom. The van der Waals surface area contributed by atoms with Gasteiger partial charge in [0.15, 0.2) is 0 Å². The number of benzene rings is 6. The van der Waals surface area contributed by atoms with Gasteiger partial charge < -0.3 is 0 Å². The van der Waals surface area contributed by atoms with Crippen LogP contribution in [0.4, 0.5) is 0 Å². The van der Waals surface area contributed by atoms with Gasteiger partial charge in [0.05, 0.1) is 0 Å². The maximum Gasteiger partial charge on any atom is -0.00263 e. The lowest BCUT2D eigenvalue weighted by Gasteiger charge is -2.21. The number of aryl methyl sites for hydroxylation is 3. The molecular formula is C42H40. The number of fused-ring (bicyclic) bond motifs is 3. The molecule has 1 aliphatic rings. The third kappa shape index (κ3) is 4.76. The van der Waals surface area contributed by atoms with E-state index < -0.39 is 0 Å². The van der Waals surface area contributed by atoms with Gasteiger partial charge in [-0.05, 0) is 110 Å². The second kappa shape index (κ2) is 11.5. The van der Waals surface area contributed by atoms with Crippen LogP contribution in [0.25, 0.3) is 61.0 Å². The molecule has 0 spiro atoms. The molecule has 0 fully saturated rings. The Morgan fingerprint density at radius 1 is 0.524 bits per heavy atom. The lowest BCUT2D eigenvalue weighted by Crippen LogP contribution is -2.00. The van der Waals surface area contributed by atoms with E-state index in [1.165, 1.54) is 82.7 Å². The van der Waals surface area contributed by atoms with Crippen LogP contribution in [0.15, 0.2) is 109 Å². The van der Waals surface area contributed by atoms with Gasteiger partial charge in [0, 0.05) is 0 Å². The summed E-state index contributed by atoms with van der Waals surface area (Å²) in [4.78, 5) is 0. The van der Waals surface area contributed by atoms with Crippen LogP contribution in [0.2, 0.25) is 0 Å². The maximum absolute atomic E-state index is 2.44. The monoisotopic (exact) mass is 544 g/mol. The molecule has 42 heavy (non-hydrogen) atoms. The highest BCUT2D eigenvalue weighted by Crippen LogP contribution is 2.45. The quantitative estimate of drug-likeness (QED) is 0.194. The molecule has 1 aliphatic carbocycles. The highest BCUT2D eigenvalue weighted by Gasteiger charge is 2.19. The topological polar surface area (TPSA) is 0 Å². The molecule has 1 atom stereocenters. The minimum atomic E-state index is 0.538. The summed E-state index contributed by atoms with van der Waals surface area (Å²) in [5.74, 6) is 0.538. The maximum atomic E-state index is 2.44. The summed E-state index contributed by atoms with van der Waals surface area (Å²) in [7, 11) is 0. The van der Waals surface area contributed by atoms with Gasteiger partial charge in [-0.1, -0.05) is 142 Å². The lowest BCUT2D eigenvalue weighted by molar-refractivity contribution is 0.772. The molecule has 6 aromatic carbocycles. The van der Waals surface area contributed by atoms with Crippen LogP contribution in [0, 0.1) is 20.8 Å². The van der Waals surface area contributed by atoms with Crippen molar-refractivity contribution in [1.29, 1.82) is 0 Å². The molecule has 0 amide bonds. The predicted molar refractivity (Wildman–Crippen MR) is 185 cm³/mol. The minimum absolute atomic E-state index is 0.538. The van der Waals surface area contributed by atoms with E-state index in [-0.39, 0.29) is 0 Å². The van der Waals surface area contributed by atoms with Crippen LogP contribution >= 0.6 is 0 Å². The highest BCUT2D eigenvalue weighted by atomic mass is 14.2. The van der Waals surface area contributed by atoms with Crippen LogP contribution in [0.1, 0.15) is 60.9 Å². The van der Waals surface area contributed by atoms with E-state index in [9.17, 15) is 0 Å². The number of rotatable bonds is 3. The summed E-state index contributed by atoms with van der Waals surface area (Å²) in [6.45, 7) is 13.0. The molecule has 1 unspecified atom stereocenters. The molecule has 0 aromatic heterocycles. The van der Waals surface area contributed by atoms with E-state index in [2.05, 4.69) is 143 Å². The fourth-order valence-corrected chi connectivity index (χ4v) is 7.02. The normalized spacial score (nSPS) is 14.0. The standard InChI is InChI=1S/C40H34.C2H6/c1-25-22-27(3)38(28(4)23-25)30-17-19-31(20-18-30)39-33-12-5-7-14-35(33)40(36-15-8-6-13-34(36)39)32-21-16-29-11-9-10-26(2)37(29)24-32;1-2/h5-9,11-24,26H,10H2,1-4H3;1-2H3. The molecule has 0 heterocycles. The third-order valence-corrected chi connectivity index (χ3v) is 8.76. The highest BCUT2D eigenvalue weighted by molar-refractivity contribution is 6.21. The average molecular weight is 545 g/mol. The first-order valence-electron chi connectivity index (χ1n) is 15.4. The first-order chi connectivity index (χ1) is 20.5. The van der Waals surface area contributed by atoms with Crippen molar-refractivity contribution < 1.29 is 0 Å². The summed E-state index contributed by atoms with van der Waals surface area (Å²) in [6, 6.07) is 38.8. The van der Waals surface area contributed by atoms with Crippen LogP contribution in [0.5, 0.6) is 0 Å². The van der Waals surface area contributed by atoms with E-state index in [0.29, 0.717) is 5.92 Å². The number of hydrogen-bond donors (Lipinski definition) is 0. The molecule has 0 bridgehead atoms. The number of allylic oxidation sites excluding steroid dienone is 1.